The van der Waals surface area contributed by atoms with Gasteiger partial charge in [-0.1, -0.05) is 43.7 Å². The van der Waals surface area contributed by atoms with E-state index in [4.69, 9.17) is 4.74 Å². The maximum Gasteiger partial charge on any atom is 0.0485 e. The smallest absolute Gasteiger partial charge is 0.0485 e. The SMILES string of the molecule is Cc1ccc(N(c2ccc(C(C)C)cc2)C2CCOCC2)cc1. The molecule has 2 aromatic carbocycles. The van der Waals surface area contributed by atoms with Crippen molar-refractivity contribution in [1.82, 2.24) is 0 Å². The molecule has 2 nitrogen and oxygen atoms in total. The topological polar surface area (TPSA) is 12.5 Å². The van der Waals surface area contributed by atoms with Crippen molar-refractivity contribution in [3.05, 3.63) is 59.7 Å². The van der Waals surface area contributed by atoms with Gasteiger partial charge in [0.1, 0.15) is 0 Å². The molecule has 122 valence electrons. The molecule has 1 aliphatic rings. The van der Waals surface area contributed by atoms with Gasteiger partial charge in [0, 0.05) is 30.6 Å². The summed E-state index contributed by atoms with van der Waals surface area (Å²) >= 11 is 0. The molecule has 1 heterocycles. The number of hydrogen-bond donors (Lipinski definition) is 0. The number of anilines is 2. The van der Waals surface area contributed by atoms with Gasteiger partial charge in [-0.3, -0.25) is 0 Å². The summed E-state index contributed by atoms with van der Waals surface area (Å²) < 4.78 is 5.56. The van der Waals surface area contributed by atoms with E-state index in [-0.39, 0.29) is 0 Å². The van der Waals surface area contributed by atoms with E-state index in [9.17, 15) is 0 Å². The molecule has 0 N–H and O–H groups in total. The maximum absolute atomic E-state index is 5.56. The predicted octanol–water partition coefficient (Wildman–Crippen LogP) is 5.44. The number of benzene rings is 2. The molecule has 0 aromatic heterocycles. The minimum atomic E-state index is 0.511. The predicted molar refractivity (Wildman–Crippen MR) is 97.7 cm³/mol. The third-order valence-corrected chi connectivity index (χ3v) is 4.71. The van der Waals surface area contributed by atoms with Crippen LogP contribution >= 0.6 is 0 Å². The number of rotatable bonds is 4. The minimum absolute atomic E-state index is 0.511. The van der Waals surface area contributed by atoms with Gasteiger partial charge in [0.2, 0.25) is 0 Å². The summed E-state index contributed by atoms with van der Waals surface area (Å²) in [5.74, 6) is 0.569. The van der Waals surface area contributed by atoms with Gasteiger partial charge in [0.15, 0.2) is 0 Å². The van der Waals surface area contributed by atoms with Crippen LogP contribution < -0.4 is 4.90 Å². The number of hydrogen-bond acceptors (Lipinski definition) is 2. The van der Waals surface area contributed by atoms with Crippen LogP contribution in [-0.2, 0) is 4.74 Å². The second kappa shape index (κ2) is 7.18. The number of nitrogens with zero attached hydrogens (tertiary/aromatic N) is 1. The van der Waals surface area contributed by atoms with Crippen LogP contribution in [0.15, 0.2) is 48.5 Å². The van der Waals surface area contributed by atoms with E-state index >= 15 is 0 Å². The summed E-state index contributed by atoms with van der Waals surface area (Å²) in [6, 6.07) is 18.4. The molecular formula is C21H27NO. The molecule has 1 saturated heterocycles. The van der Waals surface area contributed by atoms with E-state index < -0.39 is 0 Å². The molecule has 0 spiro atoms. The lowest BCUT2D eigenvalue weighted by Gasteiger charge is -2.36. The summed E-state index contributed by atoms with van der Waals surface area (Å²) in [5, 5.41) is 0. The van der Waals surface area contributed by atoms with E-state index in [1.807, 2.05) is 0 Å². The van der Waals surface area contributed by atoms with Crippen molar-refractivity contribution in [3.8, 4) is 0 Å². The van der Waals surface area contributed by atoms with Gasteiger partial charge < -0.3 is 9.64 Å². The molecule has 0 unspecified atom stereocenters. The lowest BCUT2D eigenvalue weighted by Crippen LogP contribution is -2.36. The molecule has 0 aliphatic carbocycles. The highest BCUT2D eigenvalue weighted by atomic mass is 16.5. The van der Waals surface area contributed by atoms with Crippen LogP contribution in [0.1, 0.15) is 43.7 Å². The molecular weight excluding hydrogens is 282 g/mol. The number of aryl methyl sites for hydroxylation is 1. The first-order valence-corrected chi connectivity index (χ1v) is 8.69. The van der Waals surface area contributed by atoms with Crippen molar-refractivity contribution in [2.24, 2.45) is 0 Å². The van der Waals surface area contributed by atoms with Crippen LogP contribution in [0.3, 0.4) is 0 Å². The van der Waals surface area contributed by atoms with Crippen LogP contribution in [0.5, 0.6) is 0 Å². The average Bonchev–Trinajstić information content (AvgIpc) is 2.58. The van der Waals surface area contributed by atoms with E-state index in [2.05, 4.69) is 74.2 Å². The van der Waals surface area contributed by atoms with Crippen molar-refractivity contribution < 1.29 is 4.74 Å². The lowest BCUT2D eigenvalue weighted by atomic mass is 10.0. The van der Waals surface area contributed by atoms with Crippen molar-refractivity contribution in [1.29, 1.82) is 0 Å². The third kappa shape index (κ3) is 3.76. The van der Waals surface area contributed by atoms with E-state index in [0.717, 1.165) is 26.1 Å². The fraction of sp³-hybridized carbons (Fsp3) is 0.429. The Hall–Kier alpha value is -1.80. The van der Waals surface area contributed by atoms with Crippen LogP contribution in [-0.4, -0.2) is 19.3 Å². The van der Waals surface area contributed by atoms with Gasteiger partial charge in [-0.05, 0) is 55.5 Å². The molecule has 2 aromatic rings. The summed E-state index contributed by atoms with van der Waals surface area (Å²) in [6.07, 6.45) is 2.17. The lowest BCUT2D eigenvalue weighted by molar-refractivity contribution is 0.0865. The third-order valence-electron chi connectivity index (χ3n) is 4.71. The molecule has 23 heavy (non-hydrogen) atoms. The molecule has 0 saturated carbocycles. The van der Waals surface area contributed by atoms with Crippen molar-refractivity contribution in [3.63, 3.8) is 0 Å². The molecule has 0 amide bonds. The van der Waals surface area contributed by atoms with Crippen molar-refractivity contribution >= 4 is 11.4 Å². The fourth-order valence-corrected chi connectivity index (χ4v) is 3.24. The van der Waals surface area contributed by atoms with E-state index in [1.54, 1.807) is 0 Å². The van der Waals surface area contributed by atoms with Crippen LogP contribution in [0.25, 0.3) is 0 Å². The van der Waals surface area contributed by atoms with Crippen LogP contribution in [0.4, 0.5) is 11.4 Å². The molecule has 0 atom stereocenters. The molecule has 1 aliphatic heterocycles. The average molecular weight is 309 g/mol. The Morgan fingerprint density at radius 3 is 1.91 bits per heavy atom. The van der Waals surface area contributed by atoms with Gasteiger partial charge in [-0.15, -0.1) is 0 Å². The number of ether oxygens (including phenoxy) is 1. The highest BCUT2D eigenvalue weighted by Crippen LogP contribution is 2.32. The van der Waals surface area contributed by atoms with Gasteiger partial charge in [0.25, 0.3) is 0 Å². The molecule has 0 radical (unpaired) electrons. The zero-order valence-electron chi connectivity index (χ0n) is 14.5. The Bertz CT molecular complexity index is 609. The highest BCUT2D eigenvalue weighted by Gasteiger charge is 2.23. The normalized spacial score (nSPS) is 15.8. The van der Waals surface area contributed by atoms with E-state index in [0.29, 0.717) is 12.0 Å². The highest BCUT2D eigenvalue weighted by molar-refractivity contribution is 5.65. The summed E-state index contributed by atoms with van der Waals surface area (Å²) in [7, 11) is 0. The Balaban J connectivity index is 1.95. The molecule has 3 rings (SSSR count). The molecule has 0 bridgehead atoms. The van der Waals surface area contributed by atoms with Gasteiger partial charge >= 0.3 is 0 Å². The van der Waals surface area contributed by atoms with Crippen LogP contribution in [0.2, 0.25) is 0 Å². The Morgan fingerprint density at radius 2 is 1.39 bits per heavy atom. The van der Waals surface area contributed by atoms with Gasteiger partial charge in [-0.25, -0.2) is 0 Å². The summed E-state index contributed by atoms with van der Waals surface area (Å²) in [6.45, 7) is 8.34. The van der Waals surface area contributed by atoms with E-state index in [1.165, 1.54) is 22.5 Å². The Morgan fingerprint density at radius 1 is 0.870 bits per heavy atom. The maximum atomic E-state index is 5.56. The quantitative estimate of drug-likeness (QED) is 0.746. The molecule has 1 fully saturated rings. The monoisotopic (exact) mass is 309 g/mol. The molecule has 2 heteroatoms. The fourth-order valence-electron chi connectivity index (χ4n) is 3.24. The zero-order chi connectivity index (χ0) is 16.2. The first kappa shape index (κ1) is 16.1. The largest absolute Gasteiger partial charge is 0.381 e. The summed E-state index contributed by atoms with van der Waals surface area (Å²) in [4.78, 5) is 2.49. The van der Waals surface area contributed by atoms with Gasteiger partial charge in [0.05, 0.1) is 0 Å². The van der Waals surface area contributed by atoms with Crippen LogP contribution in [0, 0.1) is 6.92 Å². The standard InChI is InChI=1S/C21H27NO/c1-16(2)18-6-10-20(11-7-18)22(21-12-14-23-15-13-21)19-8-4-17(3)5-9-19/h4-11,16,21H,12-15H2,1-3H3. The van der Waals surface area contributed by atoms with Crippen molar-refractivity contribution in [2.45, 2.75) is 45.6 Å². The minimum Gasteiger partial charge on any atom is -0.381 e. The second-order valence-electron chi connectivity index (χ2n) is 6.80. The summed E-state index contributed by atoms with van der Waals surface area (Å²) in [5.41, 5.74) is 5.25. The second-order valence-corrected chi connectivity index (χ2v) is 6.80. The Kier molecular flexibility index (Phi) is 5.02. The Labute approximate surface area is 140 Å². The zero-order valence-corrected chi connectivity index (χ0v) is 14.5. The van der Waals surface area contributed by atoms with Gasteiger partial charge in [-0.2, -0.15) is 0 Å². The van der Waals surface area contributed by atoms with Crippen molar-refractivity contribution in [2.75, 3.05) is 18.1 Å². The first-order valence-electron chi connectivity index (χ1n) is 8.69. The first-order chi connectivity index (χ1) is 11.1.